The average molecular weight is 551 g/mol. The molecule has 3 amide bonds. The molecule has 2 aliphatic rings. The van der Waals surface area contributed by atoms with Gasteiger partial charge < -0.3 is 15.5 Å². The number of nitrogens with zero attached hydrogens (tertiary/aromatic N) is 2. The van der Waals surface area contributed by atoms with Crippen molar-refractivity contribution in [2.45, 2.75) is 51.1 Å². The number of nitrogens with one attached hydrogen (secondary N) is 2. The van der Waals surface area contributed by atoms with Gasteiger partial charge in [0.25, 0.3) is 0 Å². The van der Waals surface area contributed by atoms with E-state index in [0.717, 1.165) is 55.6 Å². The van der Waals surface area contributed by atoms with Crippen molar-refractivity contribution in [2.24, 2.45) is 0 Å². The zero-order chi connectivity index (χ0) is 28.6. The zero-order valence-electron chi connectivity index (χ0n) is 23.6. The molecule has 0 radical (unpaired) electrons. The Kier molecular flexibility index (Phi) is 9.26. The van der Waals surface area contributed by atoms with E-state index in [-0.39, 0.29) is 23.8 Å². The third kappa shape index (κ3) is 7.50. The van der Waals surface area contributed by atoms with Gasteiger partial charge in [-0.1, -0.05) is 66.7 Å². The quantitative estimate of drug-likeness (QED) is 0.347. The van der Waals surface area contributed by atoms with Crippen molar-refractivity contribution in [3.8, 4) is 0 Å². The summed E-state index contributed by atoms with van der Waals surface area (Å²) in [4.78, 5) is 41.4. The number of rotatable bonds is 9. The molecule has 7 nitrogen and oxygen atoms in total. The van der Waals surface area contributed by atoms with Gasteiger partial charge in [0.1, 0.15) is 6.04 Å². The summed E-state index contributed by atoms with van der Waals surface area (Å²) in [5, 5.41) is 6.04. The molecule has 0 spiro atoms. The molecule has 3 aromatic carbocycles. The van der Waals surface area contributed by atoms with Crippen molar-refractivity contribution in [2.75, 3.05) is 30.3 Å². The molecule has 0 aromatic heterocycles. The lowest BCUT2D eigenvalue weighted by atomic mass is 10.1. The van der Waals surface area contributed by atoms with Gasteiger partial charge in [0.15, 0.2) is 0 Å². The van der Waals surface area contributed by atoms with E-state index in [1.165, 1.54) is 12.5 Å². The van der Waals surface area contributed by atoms with Gasteiger partial charge in [-0.15, -0.1) is 0 Å². The molecule has 2 saturated heterocycles. The van der Waals surface area contributed by atoms with Gasteiger partial charge in [-0.05, 0) is 79.6 Å². The molecule has 0 unspecified atom stereocenters. The Bertz CT molecular complexity index is 1370. The molecule has 2 aliphatic heterocycles. The van der Waals surface area contributed by atoms with Crippen LogP contribution in [0.1, 0.15) is 49.3 Å². The van der Waals surface area contributed by atoms with Gasteiger partial charge >= 0.3 is 0 Å². The first-order valence-electron chi connectivity index (χ1n) is 14.5. The monoisotopic (exact) mass is 550 g/mol. The lowest BCUT2D eigenvalue weighted by molar-refractivity contribution is -0.134. The van der Waals surface area contributed by atoms with Crippen molar-refractivity contribution >= 4 is 41.2 Å². The minimum Gasteiger partial charge on any atom is -0.331 e. The Labute approximate surface area is 242 Å². The summed E-state index contributed by atoms with van der Waals surface area (Å²) in [6.45, 7) is 3.99. The van der Waals surface area contributed by atoms with E-state index >= 15 is 0 Å². The number of amides is 3. The van der Waals surface area contributed by atoms with Crippen LogP contribution in [0.15, 0.2) is 78.9 Å². The molecule has 0 aliphatic carbocycles. The lowest BCUT2D eigenvalue weighted by Gasteiger charge is -2.23. The van der Waals surface area contributed by atoms with E-state index in [1.807, 2.05) is 66.7 Å². The number of carbonyl (C=O) groups excluding carboxylic acids is 3. The fourth-order valence-corrected chi connectivity index (χ4v) is 5.72. The number of hydrogen-bond donors (Lipinski definition) is 2. The molecule has 2 heterocycles. The van der Waals surface area contributed by atoms with Crippen LogP contribution >= 0.6 is 0 Å². The van der Waals surface area contributed by atoms with Crippen LogP contribution in [0.25, 0.3) is 12.2 Å². The third-order valence-corrected chi connectivity index (χ3v) is 7.98. The van der Waals surface area contributed by atoms with Crippen molar-refractivity contribution in [1.29, 1.82) is 0 Å². The Morgan fingerprint density at radius 2 is 1.27 bits per heavy atom. The first kappa shape index (κ1) is 28.3. The molecular formula is C34H38N4O3. The number of carbonyl (C=O) groups is 3. The van der Waals surface area contributed by atoms with Crippen LogP contribution in [0, 0.1) is 0 Å². The van der Waals surface area contributed by atoms with Crippen LogP contribution < -0.4 is 10.6 Å². The fourth-order valence-electron chi connectivity index (χ4n) is 5.72. The maximum Gasteiger partial charge on any atom is 0.247 e. The van der Waals surface area contributed by atoms with Crippen LogP contribution in [0.2, 0.25) is 0 Å². The Balaban J connectivity index is 1.10. The van der Waals surface area contributed by atoms with Gasteiger partial charge in [-0.25, -0.2) is 0 Å². The second-order valence-corrected chi connectivity index (χ2v) is 10.9. The standard InChI is InChI=1S/C34H38N4O3/c1-25(39)38-23-6-10-32(38)34(41)36-30-19-15-28(16-20-30)12-11-27-13-17-29(18-14-27)35-33(40)31-9-5-22-37(31)24-21-26-7-3-2-4-8-26/h2-4,7-8,11-20,31-32H,5-6,9-10,21-24H2,1H3,(H,35,40)(H,36,41)/b12-11+/t31-,32-/m0/s1. The van der Waals surface area contributed by atoms with E-state index in [1.54, 1.807) is 4.90 Å². The van der Waals surface area contributed by atoms with Gasteiger partial charge in [0.05, 0.1) is 6.04 Å². The summed E-state index contributed by atoms with van der Waals surface area (Å²) in [6.07, 6.45) is 8.46. The van der Waals surface area contributed by atoms with E-state index in [9.17, 15) is 14.4 Å². The second kappa shape index (κ2) is 13.4. The van der Waals surface area contributed by atoms with E-state index < -0.39 is 6.04 Å². The van der Waals surface area contributed by atoms with Gasteiger partial charge in [0.2, 0.25) is 17.7 Å². The molecule has 2 atom stereocenters. The summed E-state index contributed by atoms with van der Waals surface area (Å²) in [5.74, 6) is -0.137. The zero-order valence-corrected chi connectivity index (χ0v) is 23.6. The summed E-state index contributed by atoms with van der Waals surface area (Å²) < 4.78 is 0. The summed E-state index contributed by atoms with van der Waals surface area (Å²) >= 11 is 0. The van der Waals surface area contributed by atoms with E-state index in [4.69, 9.17) is 0 Å². The van der Waals surface area contributed by atoms with E-state index in [0.29, 0.717) is 18.7 Å². The van der Waals surface area contributed by atoms with Crippen LogP contribution in [-0.4, -0.2) is 59.2 Å². The fraction of sp³-hybridized carbons (Fsp3) is 0.324. The topological polar surface area (TPSA) is 81.8 Å². The summed E-state index contributed by atoms with van der Waals surface area (Å²) in [6, 6.07) is 25.4. The molecule has 2 N–H and O–H groups in total. The third-order valence-electron chi connectivity index (χ3n) is 7.98. The smallest absolute Gasteiger partial charge is 0.247 e. The lowest BCUT2D eigenvalue weighted by Crippen LogP contribution is -2.42. The molecule has 3 aromatic rings. The SMILES string of the molecule is CC(=O)N1CCC[C@H]1C(=O)Nc1ccc(/C=C/c2ccc(NC(=O)[C@@H]3CCCN3CCc3ccccc3)cc2)cc1. The minimum absolute atomic E-state index is 0.0615. The first-order valence-corrected chi connectivity index (χ1v) is 14.5. The van der Waals surface area contributed by atoms with Gasteiger partial charge in [-0.3, -0.25) is 19.3 Å². The molecule has 7 heteroatoms. The van der Waals surface area contributed by atoms with Crippen molar-refractivity contribution in [3.05, 3.63) is 95.6 Å². The maximum atomic E-state index is 13.0. The molecule has 2 fully saturated rings. The Morgan fingerprint density at radius 3 is 1.85 bits per heavy atom. The number of anilines is 2. The predicted octanol–water partition coefficient (Wildman–Crippen LogP) is 5.45. The van der Waals surface area contributed by atoms with Crippen LogP contribution in [-0.2, 0) is 20.8 Å². The molecular weight excluding hydrogens is 512 g/mol. The van der Waals surface area contributed by atoms with Crippen LogP contribution in [0.5, 0.6) is 0 Å². The van der Waals surface area contributed by atoms with Crippen LogP contribution in [0.4, 0.5) is 11.4 Å². The first-order chi connectivity index (χ1) is 20.0. The number of benzene rings is 3. The molecule has 5 rings (SSSR count). The highest BCUT2D eigenvalue weighted by atomic mass is 16.2. The van der Waals surface area contributed by atoms with Crippen LogP contribution in [0.3, 0.4) is 0 Å². The Morgan fingerprint density at radius 1 is 0.732 bits per heavy atom. The highest BCUT2D eigenvalue weighted by Gasteiger charge is 2.32. The molecule has 0 saturated carbocycles. The number of likely N-dealkylation sites (tertiary alicyclic amines) is 2. The molecule has 41 heavy (non-hydrogen) atoms. The number of hydrogen-bond acceptors (Lipinski definition) is 4. The summed E-state index contributed by atoms with van der Waals surface area (Å²) in [7, 11) is 0. The van der Waals surface area contributed by atoms with E-state index in [2.05, 4.69) is 39.8 Å². The average Bonchev–Trinajstić information content (AvgIpc) is 3.68. The highest BCUT2D eigenvalue weighted by Crippen LogP contribution is 2.22. The normalized spacial score (nSPS) is 19.0. The van der Waals surface area contributed by atoms with Crippen molar-refractivity contribution < 1.29 is 14.4 Å². The minimum atomic E-state index is -0.392. The summed E-state index contributed by atoms with van der Waals surface area (Å²) in [5.41, 5.74) is 4.84. The highest BCUT2D eigenvalue weighted by molar-refractivity contribution is 5.97. The predicted molar refractivity (Wildman–Crippen MR) is 164 cm³/mol. The largest absolute Gasteiger partial charge is 0.331 e. The maximum absolute atomic E-state index is 13.0. The van der Waals surface area contributed by atoms with Gasteiger partial charge in [-0.2, -0.15) is 0 Å². The van der Waals surface area contributed by atoms with Crippen molar-refractivity contribution in [1.82, 2.24) is 9.80 Å². The van der Waals surface area contributed by atoms with Crippen molar-refractivity contribution in [3.63, 3.8) is 0 Å². The Hall–Kier alpha value is -4.23. The van der Waals surface area contributed by atoms with Gasteiger partial charge in [0, 0.05) is 31.4 Å². The second-order valence-electron chi connectivity index (χ2n) is 10.9. The molecule has 0 bridgehead atoms. The molecule has 212 valence electrons.